The fourth-order valence-corrected chi connectivity index (χ4v) is 1.71. The fraction of sp³-hybridized carbons (Fsp3) is 0.333. The molecule has 2 rings (SSSR count). The molecule has 84 valence electrons. The van der Waals surface area contributed by atoms with Crippen molar-refractivity contribution >= 4 is 11.8 Å². The van der Waals surface area contributed by atoms with Crippen LogP contribution in [0.25, 0.3) is 0 Å². The standard InChI is InChI=1S/C12H14N2O2/c1-8-2-4-9(5-3-8)6-10-12(16)13-7-11(15)14-10/h2-5,10H,6-7H2,1H3,(H,13,16)(H,14,15)/t10-/m0/s1. The summed E-state index contributed by atoms with van der Waals surface area (Å²) in [7, 11) is 0. The van der Waals surface area contributed by atoms with E-state index in [1.807, 2.05) is 31.2 Å². The van der Waals surface area contributed by atoms with Gasteiger partial charge in [0.2, 0.25) is 11.8 Å². The van der Waals surface area contributed by atoms with Crippen molar-refractivity contribution in [2.45, 2.75) is 19.4 Å². The van der Waals surface area contributed by atoms with Gasteiger partial charge in [0, 0.05) is 6.42 Å². The quantitative estimate of drug-likeness (QED) is 0.742. The van der Waals surface area contributed by atoms with E-state index in [1.165, 1.54) is 5.56 Å². The number of carbonyl (C=O) groups is 2. The molecule has 1 aromatic rings. The predicted octanol–water partition coefficient (Wildman–Crippen LogP) is 0.152. The molecule has 4 nitrogen and oxygen atoms in total. The molecule has 16 heavy (non-hydrogen) atoms. The second-order valence-corrected chi connectivity index (χ2v) is 4.03. The molecule has 1 saturated heterocycles. The second-order valence-electron chi connectivity index (χ2n) is 4.03. The van der Waals surface area contributed by atoms with Gasteiger partial charge in [0.05, 0.1) is 6.54 Å². The minimum absolute atomic E-state index is 0.0865. The van der Waals surface area contributed by atoms with Gasteiger partial charge in [-0.3, -0.25) is 9.59 Å². The van der Waals surface area contributed by atoms with E-state index in [2.05, 4.69) is 10.6 Å². The normalized spacial score (nSPS) is 20.2. The smallest absolute Gasteiger partial charge is 0.243 e. The third kappa shape index (κ3) is 2.39. The summed E-state index contributed by atoms with van der Waals surface area (Å²) in [5.74, 6) is -0.239. The van der Waals surface area contributed by atoms with Crippen LogP contribution in [-0.4, -0.2) is 24.4 Å². The second kappa shape index (κ2) is 4.35. The maximum absolute atomic E-state index is 11.5. The first-order valence-electron chi connectivity index (χ1n) is 5.28. The summed E-state index contributed by atoms with van der Waals surface area (Å²) in [5, 5.41) is 5.24. The monoisotopic (exact) mass is 218 g/mol. The van der Waals surface area contributed by atoms with Crippen LogP contribution in [-0.2, 0) is 16.0 Å². The summed E-state index contributed by atoms with van der Waals surface area (Å²) in [4.78, 5) is 22.6. The summed E-state index contributed by atoms with van der Waals surface area (Å²) in [6.07, 6.45) is 0.540. The highest BCUT2D eigenvalue weighted by Crippen LogP contribution is 2.07. The first-order chi connectivity index (χ1) is 7.65. The minimum Gasteiger partial charge on any atom is -0.345 e. The van der Waals surface area contributed by atoms with Gasteiger partial charge in [-0.2, -0.15) is 0 Å². The van der Waals surface area contributed by atoms with Gasteiger partial charge in [0.25, 0.3) is 0 Å². The molecule has 0 aromatic heterocycles. The van der Waals surface area contributed by atoms with E-state index >= 15 is 0 Å². The summed E-state index contributed by atoms with van der Waals surface area (Å²) in [5.41, 5.74) is 2.23. The summed E-state index contributed by atoms with van der Waals surface area (Å²) >= 11 is 0. The molecule has 1 aliphatic heterocycles. The average Bonchev–Trinajstić information content (AvgIpc) is 2.27. The molecular formula is C12H14N2O2. The van der Waals surface area contributed by atoms with E-state index in [0.717, 1.165) is 5.56 Å². The average molecular weight is 218 g/mol. The van der Waals surface area contributed by atoms with E-state index in [0.29, 0.717) is 6.42 Å². The molecule has 2 N–H and O–H groups in total. The Balaban J connectivity index is 2.05. The number of benzene rings is 1. The van der Waals surface area contributed by atoms with Crippen molar-refractivity contribution in [2.24, 2.45) is 0 Å². The van der Waals surface area contributed by atoms with Crippen molar-refractivity contribution in [3.05, 3.63) is 35.4 Å². The molecule has 0 radical (unpaired) electrons. The Hall–Kier alpha value is -1.84. The first-order valence-corrected chi connectivity index (χ1v) is 5.28. The number of hydrogen-bond acceptors (Lipinski definition) is 2. The van der Waals surface area contributed by atoms with Crippen LogP contribution in [0.4, 0.5) is 0 Å². The highest BCUT2D eigenvalue weighted by molar-refractivity contribution is 5.94. The van der Waals surface area contributed by atoms with Crippen LogP contribution in [0.5, 0.6) is 0 Å². The number of nitrogens with one attached hydrogen (secondary N) is 2. The van der Waals surface area contributed by atoms with Gasteiger partial charge in [0.1, 0.15) is 6.04 Å². The van der Waals surface area contributed by atoms with E-state index in [1.54, 1.807) is 0 Å². The lowest BCUT2D eigenvalue weighted by Gasteiger charge is -2.23. The lowest BCUT2D eigenvalue weighted by Crippen LogP contribution is -2.56. The molecule has 1 aromatic carbocycles. The fourth-order valence-electron chi connectivity index (χ4n) is 1.71. The maximum Gasteiger partial charge on any atom is 0.243 e. The molecule has 1 fully saturated rings. The van der Waals surface area contributed by atoms with Crippen LogP contribution >= 0.6 is 0 Å². The highest BCUT2D eigenvalue weighted by Gasteiger charge is 2.25. The summed E-state index contributed by atoms with van der Waals surface area (Å²) < 4.78 is 0. The van der Waals surface area contributed by atoms with Crippen molar-refractivity contribution < 1.29 is 9.59 Å². The third-order valence-corrected chi connectivity index (χ3v) is 2.64. The van der Waals surface area contributed by atoms with Crippen LogP contribution < -0.4 is 10.6 Å². The maximum atomic E-state index is 11.5. The number of aryl methyl sites for hydroxylation is 1. The van der Waals surface area contributed by atoms with Crippen LogP contribution in [0.3, 0.4) is 0 Å². The van der Waals surface area contributed by atoms with Crippen LogP contribution in [0, 0.1) is 6.92 Å². The molecule has 1 aliphatic rings. The zero-order chi connectivity index (χ0) is 11.5. The zero-order valence-electron chi connectivity index (χ0n) is 9.12. The molecule has 0 saturated carbocycles. The lowest BCUT2D eigenvalue weighted by atomic mass is 10.0. The van der Waals surface area contributed by atoms with Crippen molar-refractivity contribution in [1.29, 1.82) is 0 Å². The number of rotatable bonds is 2. The van der Waals surface area contributed by atoms with Gasteiger partial charge >= 0.3 is 0 Å². The Kier molecular flexibility index (Phi) is 2.90. The summed E-state index contributed by atoms with van der Waals surface area (Å²) in [6, 6.07) is 7.51. The molecule has 0 aliphatic carbocycles. The molecule has 1 heterocycles. The predicted molar refractivity (Wildman–Crippen MR) is 59.8 cm³/mol. The Bertz CT molecular complexity index is 412. The SMILES string of the molecule is Cc1ccc(C[C@@H]2NC(=O)CNC2=O)cc1. The van der Waals surface area contributed by atoms with Crippen LogP contribution in [0.2, 0.25) is 0 Å². The van der Waals surface area contributed by atoms with Gasteiger partial charge in [-0.1, -0.05) is 29.8 Å². The first kappa shape index (κ1) is 10.7. The zero-order valence-corrected chi connectivity index (χ0v) is 9.12. The topological polar surface area (TPSA) is 58.2 Å². The Morgan fingerprint density at radius 2 is 1.94 bits per heavy atom. The third-order valence-electron chi connectivity index (χ3n) is 2.64. The Morgan fingerprint density at radius 3 is 2.62 bits per heavy atom. The molecule has 0 unspecified atom stereocenters. The molecule has 0 bridgehead atoms. The van der Waals surface area contributed by atoms with Crippen molar-refractivity contribution in [3.8, 4) is 0 Å². The van der Waals surface area contributed by atoms with Gasteiger partial charge < -0.3 is 10.6 Å². The van der Waals surface area contributed by atoms with Crippen molar-refractivity contribution in [3.63, 3.8) is 0 Å². The summed E-state index contributed by atoms with van der Waals surface area (Å²) in [6.45, 7) is 2.10. The van der Waals surface area contributed by atoms with Crippen molar-refractivity contribution in [1.82, 2.24) is 10.6 Å². The number of piperazine rings is 1. The van der Waals surface area contributed by atoms with E-state index in [4.69, 9.17) is 0 Å². The number of hydrogen-bond donors (Lipinski definition) is 2. The Labute approximate surface area is 94.0 Å². The minimum atomic E-state index is -0.441. The molecule has 4 heteroatoms. The lowest BCUT2D eigenvalue weighted by molar-refractivity contribution is -0.133. The highest BCUT2D eigenvalue weighted by atomic mass is 16.2. The van der Waals surface area contributed by atoms with Gasteiger partial charge in [0.15, 0.2) is 0 Å². The largest absolute Gasteiger partial charge is 0.345 e. The van der Waals surface area contributed by atoms with E-state index in [9.17, 15) is 9.59 Å². The van der Waals surface area contributed by atoms with Gasteiger partial charge in [-0.05, 0) is 12.5 Å². The molecule has 1 atom stereocenters. The van der Waals surface area contributed by atoms with Gasteiger partial charge in [-0.15, -0.1) is 0 Å². The van der Waals surface area contributed by atoms with Crippen LogP contribution in [0.15, 0.2) is 24.3 Å². The van der Waals surface area contributed by atoms with Crippen molar-refractivity contribution in [2.75, 3.05) is 6.54 Å². The van der Waals surface area contributed by atoms with E-state index < -0.39 is 6.04 Å². The number of carbonyl (C=O) groups excluding carboxylic acids is 2. The molecule has 0 spiro atoms. The number of amides is 2. The van der Waals surface area contributed by atoms with Gasteiger partial charge in [-0.25, -0.2) is 0 Å². The molecule has 2 amide bonds. The molecular weight excluding hydrogens is 204 g/mol. The Morgan fingerprint density at radius 1 is 1.25 bits per heavy atom. The van der Waals surface area contributed by atoms with Crippen LogP contribution in [0.1, 0.15) is 11.1 Å². The van der Waals surface area contributed by atoms with E-state index in [-0.39, 0.29) is 18.4 Å².